The Bertz CT molecular complexity index is 624. The average Bonchev–Trinajstić information content (AvgIpc) is 2.25. The molecule has 2 aromatic rings. The van der Waals surface area contributed by atoms with E-state index in [-0.39, 0.29) is 5.03 Å². The van der Waals surface area contributed by atoms with Gasteiger partial charge in [-0.3, -0.25) is 0 Å². The Balaban J connectivity index is 2.36. The highest BCUT2D eigenvalue weighted by Gasteiger charge is 2.33. The van der Waals surface area contributed by atoms with E-state index in [1.54, 1.807) is 19.9 Å². The first-order valence-electron chi connectivity index (χ1n) is 5.46. The molecule has 0 aliphatic rings. The van der Waals surface area contributed by atoms with Gasteiger partial charge >= 0.3 is 6.18 Å². The van der Waals surface area contributed by atoms with Gasteiger partial charge in [0.2, 0.25) is 5.95 Å². The Morgan fingerprint density at radius 1 is 1.00 bits per heavy atom. The molecule has 2 aromatic heterocycles. The molecule has 2 rings (SSSR count). The third kappa shape index (κ3) is 3.56. The number of hydrogen-bond acceptors (Lipinski definition) is 6. The number of hydrogen-bond donors (Lipinski definition) is 1. The summed E-state index contributed by atoms with van der Waals surface area (Å²) in [5, 5.41) is 0.364. The zero-order chi connectivity index (χ0) is 14.9. The maximum Gasteiger partial charge on any atom is 0.433 e. The fourth-order valence-corrected chi connectivity index (χ4v) is 2.35. The summed E-state index contributed by atoms with van der Waals surface area (Å²) in [5.74, 6) is -0.438. The van der Waals surface area contributed by atoms with Gasteiger partial charge in [-0.15, -0.1) is 0 Å². The standard InChI is InChI=1S/C11H10F3N5S/c1-5-3-6(2)17-10(16-5)20-8-4-7(11(12,13)14)18-9(15)19-8/h3-4H,1-2H3,(H2,15,18,19). The third-order valence-electron chi connectivity index (χ3n) is 2.17. The summed E-state index contributed by atoms with van der Waals surface area (Å²) < 4.78 is 37.9. The van der Waals surface area contributed by atoms with Crippen LogP contribution >= 0.6 is 11.8 Å². The van der Waals surface area contributed by atoms with Crippen LogP contribution in [0.2, 0.25) is 0 Å². The molecule has 0 radical (unpaired) electrons. The highest BCUT2D eigenvalue weighted by molar-refractivity contribution is 7.99. The molecule has 0 fully saturated rings. The molecule has 9 heteroatoms. The van der Waals surface area contributed by atoms with Crippen LogP contribution in [-0.4, -0.2) is 19.9 Å². The minimum Gasteiger partial charge on any atom is -0.368 e. The van der Waals surface area contributed by atoms with Crippen LogP contribution in [0.25, 0.3) is 0 Å². The van der Waals surface area contributed by atoms with E-state index in [0.29, 0.717) is 5.16 Å². The summed E-state index contributed by atoms with van der Waals surface area (Å²) in [7, 11) is 0. The third-order valence-corrected chi connectivity index (χ3v) is 2.95. The van der Waals surface area contributed by atoms with Gasteiger partial charge < -0.3 is 5.73 Å². The second-order valence-electron chi connectivity index (χ2n) is 3.98. The van der Waals surface area contributed by atoms with E-state index < -0.39 is 17.8 Å². The molecule has 0 saturated heterocycles. The van der Waals surface area contributed by atoms with Crippen molar-refractivity contribution in [2.75, 3.05) is 5.73 Å². The molecule has 0 aliphatic heterocycles. The van der Waals surface area contributed by atoms with E-state index in [4.69, 9.17) is 5.73 Å². The molecule has 106 valence electrons. The Morgan fingerprint density at radius 2 is 1.60 bits per heavy atom. The van der Waals surface area contributed by atoms with E-state index in [0.717, 1.165) is 29.2 Å². The lowest BCUT2D eigenvalue weighted by molar-refractivity contribution is -0.141. The SMILES string of the molecule is Cc1cc(C)nc(Sc2cc(C(F)(F)F)nc(N)n2)n1. The van der Waals surface area contributed by atoms with Crippen molar-refractivity contribution in [2.24, 2.45) is 0 Å². The van der Waals surface area contributed by atoms with E-state index in [9.17, 15) is 13.2 Å². The first-order valence-corrected chi connectivity index (χ1v) is 6.27. The topological polar surface area (TPSA) is 77.6 Å². The monoisotopic (exact) mass is 301 g/mol. The van der Waals surface area contributed by atoms with Crippen molar-refractivity contribution in [1.29, 1.82) is 0 Å². The van der Waals surface area contributed by atoms with Crippen LogP contribution in [0.4, 0.5) is 19.1 Å². The largest absolute Gasteiger partial charge is 0.433 e. The van der Waals surface area contributed by atoms with Crippen molar-refractivity contribution < 1.29 is 13.2 Å². The summed E-state index contributed by atoms with van der Waals surface area (Å²) in [4.78, 5) is 15.2. The molecular weight excluding hydrogens is 291 g/mol. The lowest BCUT2D eigenvalue weighted by Gasteiger charge is -2.08. The van der Waals surface area contributed by atoms with Crippen LogP contribution in [0.5, 0.6) is 0 Å². The van der Waals surface area contributed by atoms with Crippen molar-refractivity contribution in [2.45, 2.75) is 30.2 Å². The Labute approximate surface area is 116 Å². The lowest BCUT2D eigenvalue weighted by Crippen LogP contribution is -2.11. The number of aryl methyl sites for hydroxylation is 2. The highest BCUT2D eigenvalue weighted by atomic mass is 32.2. The smallest absolute Gasteiger partial charge is 0.368 e. The van der Waals surface area contributed by atoms with Gasteiger partial charge in [-0.2, -0.15) is 13.2 Å². The Kier molecular flexibility index (Phi) is 3.80. The van der Waals surface area contributed by atoms with Crippen LogP contribution in [0, 0.1) is 13.8 Å². The molecule has 0 aromatic carbocycles. The second kappa shape index (κ2) is 5.23. The fourth-order valence-electron chi connectivity index (χ4n) is 1.47. The van der Waals surface area contributed by atoms with Crippen LogP contribution in [0.3, 0.4) is 0 Å². The molecule has 0 unspecified atom stereocenters. The van der Waals surface area contributed by atoms with Crippen LogP contribution < -0.4 is 5.73 Å². The van der Waals surface area contributed by atoms with E-state index >= 15 is 0 Å². The minimum atomic E-state index is -4.57. The van der Waals surface area contributed by atoms with Gasteiger partial charge in [-0.05, 0) is 31.7 Å². The highest BCUT2D eigenvalue weighted by Crippen LogP contribution is 2.31. The molecule has 2 N–H and O–H groups in total. The van der Waals surface area contributed by atoms with Crippen LogP contribution in [0.15, 0.2) is 22.3 Å². The number of halogens is 3. The second-order valence-corrected chi connectivity index (χ2v) is 4.97. The molecular formula is C11H10F3N5S. The lowest BCUT2D eigenvalue weighted by atomic mass is 10.4. The Morgan fingerprint density at radius 3 is 2.15 bits per heavy atom. The number of rotatable bonds is 2. The molecule has 20 heavy (non-hydrogen) atoms. The van der Waals surface area contributed by atoms with Crippen molar-refractivity contribution in [3.05, 3.63) is 29.2 Å². The van der Waals surface area contributed by atoms with E-state index in [1.807, 2.05) is 0 Å². The van der Waals surface area contributed by atoms with Gasteiger partial charge in [0.15, 0.2) is 10.9 Å². The number of aromatic nitrogens is 4. The predicted octanol–water partition coefficient (Wildman–Crippen LogP) is 2.64. The molecule has 0 amide bonds. The van der Waals surface area contributed by atoms with Gasteiger partial charge in [0, 0.05) is 17.5 Å². The fraction of sp³-hybridized carbons (Fsp3) is 0.273. The molecule has 0 spiro atoms. The van der Waals surface area contributed by atoms with Gasteiger partial charge in [-0.25, -0.2) is 19.9 Å². The van der Waals surface area contributed by atoms with Gasteiger partial charge in [0.25, 0.3) is 0 Å². The van der Waals surface area contributed by atoms with E-state index in [1.165, 1.54) is 0 Å². The predicted molar refractivity (Wildman–Crippen MR) is 67.1 cm³/mol. The number of nitrogens with zero attached hydrogens (tertiary/aromatic N) is 4. The van der Waals surface area contributed by atoms with Gasteiger partial charge in [0.05, 0.1) is 0 Å². The zero-order valence-electron chi connectivity index (χ0n) is 10.6. The summed E-state index contributed by atoms with van der Waals surface area (Å²) in [6.07, 6.45) is -4.57. The van der Waals surface area contributed by atoms with Crippen molar-refractivity contribution in [3.8, 4) is 0 Å². The quantitative estimate of drug-likeness (QED) is 0.678. The molecule has 0 bridgehead atoms. The Hall–Kier alpha value is -1.90. The maximum absolute atomic E-state index is 12.6. The summed E-state index contributed by atoms with van der Waals surface area (Å²) in [5.41, 5.74) is 5.65. The van der Waals surface area contributed by atoms with Crippen LogP contribution in [0.1, 0.15) is 17.1 Å². The summed E-state index contributed by atoms with van der Waals surface area (Å²) in [6.45, 7) is 3.54. The average molecular weight is 301 g/mol. The minimum absolute atomic E-state index is 0.0508. The van der Waals surface area contributed by atoms with Crippen molar-refractivity contribution in [1.82, 2.24) is 19.9 Å². The molecule has 0 atom stereocenters. The zero-order valence-corrected chi connectivity index (χ0v) is 11.4. The number of nitrogens with two attached hydrogens (primary N) is 1. The van der Waals surface area contributed by atoms with Crippen LogP contribution in [-0.2, 0) is 6.18 Å². The molecule has 0 saturated carbocycles. The normalized spacial score (nSPS) is 11.7. The maximum atomic E-state index is 12.6. The van der Waals surface area contributed by atoms with Gasteiger partial charge in [0.1, 0.15) is 5.03 Å². The molecule has 0 aliphatic carbocycles. The molecule has 2 heterocycles. The summed E-state index contributed by atoms with van der Waals surface area (Å²) >= 11 is 0.907. The van der Waals surface area contributed by atoms with Gasteiger partial charge in [-0.1, -0.05) is 0 Å². The number of anilines is 1. The number of alkyl halides is 3. The first kappa shape index (κ1) is 14.5. The number of nitrogen functional groups attached to an aromatic ring is 1. The van der Waals surface area contributed by atoms with E-state index in [2.05, 4.69) is 19.9 Å². The molecule has 5 nitrogen and oxygen atoms in total. The van der Waals surface area contributed by atoms with Crippen molar-refractivity contribution in [3.63, 3.8) is 0 Å². The summed E-state index contributed by atoms with van der Waals surface area (Å²) in [6, 6.07) is 2.58. The first-order chi connectivity index (χ1) is 9.24. The van der Waals surface area contributed by atoms with Crippen molar-refractivity contribution >= 4 is 17.7 Å².